The van der Waals surface area contributed by atoms with Crippen molar-refractivity contribution in [3.05, 3.63) is 51.9 Å². The molecule has 5 heterocycles. The number of rotatable bonds is 5. The zero-order valence-corrected chi connectivity index (χ0v) is 21.0. The van der Waals surface area contributed by atoms with E-state index in [1.807, 2.05) is 33.6 Å². The summed E-state index contributed by atoms with van der Waals surface area (Å²) >= 11 is 1.37. The number of anilines is 1. The van der Waals surface area contributed by atoms with Gasteiger partial charge in [-0.25, -0.2) is 9.37 Å². The first kappa shape index (κ1) is 23.3. The van der Waals surface area contributed by atoms with Gasteiger partial charge in [-0.1, -0.05) is 12.1 Å². The van der Waals surface area contributed by atoms with Gasteiger partial charge in [0.25, 0.3) is 5.91 Å². The maximum Gasteiger partial charge on any atom is 0.258 e. The molecule has 0 saturated carbocycles. The SMILES string of the molecule is CN1CCCC1CCNC(=O)c1c(=O)c2cc(F)c(N3CCC(N)C3)nc2n2c1sc1ccccc12. The van der Waals surface area contributed by atoms with Crippen LogP contribution in [0.5, 0.6) is 0 Å². The van der Waals surface area contributed by atoms with Crippen molar-refractivity contribution in [1.29, 1.82) is 0 Å². The highest BCUT2D eigenvalue weighted by Gasteiger charge is 2.28. The van der Waals surface area contributed by atoms with Crippen LogP contribution in [0.25, 0.3) is 26.1 Å². The van der Waals surface area contributed by atoms with Gasteiger partial charge in [0.2, 0.25) is 5.43 Å². The molecule has 10 heteroatoms. The Labute approximate surface area is 211 Å². The Bertz CT molecular complexity index is 1550. The number of thiazole rings is 1. The van der Waals surface area contributed by atoms with Crippen molar-refractivity contribution in [2.24, 2.45) is 5.73 Å². The Morgan fingerprint density at radius 2 is 2.11 bits per heavy atom. The number of carbonyl (C=O) groups is 1. The number of halogens is 1. The fraction of sp³-hybridized carbons (Fsp3) is 0.423. The van der Waals surface area contributed by atoms with Gasteiger partial charge in [-0.2, -0.15) is 0 Å². The number of para-hydroxylation sites is 1. The Kier molecular flexibility index (Phi) is 5.89. The van der Waals surface area contributed by atoms with Crippen LogP contribution in [0.3, 0.4) is 0 Å². The van der Waals surface area contributed by atoms with E-state index < -0.39 is 17.2 Å². The summed E-state index contributed by atoms with van der Waals surface area (Å²) in [6, 6.07) is 9.32. The number of benzene rings is 1. The lowest BCUT2D eigenvalue weighted by Crippen LogP contribution is -2.34. The zero-order valence-electron chi connectivity index (χ0n) is 20.2. The number of nitrogens with zero attached hydrogens (tertiary/aromatic N) is 4. The number of pyridine rings is 2. The van der Waals surface area contributed by atoms with Crippen LogP contribution >= 0.6 is 11.3 Å². The number of aromatic nitrogens is 2. The fourth-order valence-corrected chi connectivity index (χ4v) is 6.77. The van der Waals surface area contributed by atoms with Crippen LogP contribution in [0.15, 0.2) is 35.1 Å². The van der Waals surface area contributed by atoms with Gasteiger partial charge in [0.15, 0.2) is 17.3 Å². The molecule has 0 aliphatic carbocycles. The van der Waals surface area contributed by atoms with Crippen molar-refractivity contribution in [3.8, 4) is 0 Å². The summed E-state index contributed by atoms with van der Waals surface area (Å²) in [4.78, 5) is 36.3. The third-order valence-corrected chi connectivity index (χ3v) is 8.68. The molecule has 2 saturated heterocycles. The first-order valence-electron chi connectivity index (χ1n) is 12.5. The average Bonchev–Trinajstić information content (AvgIpc) is 3.57. The predicted molar refractivity (Wildman–Crippen MR) is 142 cm³/mol. The lowest BCUT2D eigenvalue weighted by molar-refractivity contribution is 0.0951. The maximum absolute atomic E-state index is 15.3. The van der Waals surface area contributed by atoms with E-state index in [1.165, 1.54) is 17.4 Å². The van der Waals surface area contributed by atoms with E-state index in [0.717, 1.165) is 42.4 Å². The minimum atomic E-state index is -0.580. The molecule has 188 valence electrons. The highest BCUT2D eigenvalue weighted by molar-refractivity contribution is 7.24. The standard InChI is InChI=1S/C26H29FN6O2S/c1-31-11-4-5-16(31)8-10-29-25(35)21-22(34)17-13-18(27)24(32-12-9-15(28)14-32)30-23(17)33-19-6-2-3-7-20(19)36-26(21)33/h2-3,6-7,13,15-16H,4-5,8-12,14,28H2,1H3,(H,29,35). The summed E-state index contributed by atoms with van der Waals surface area (Å²) in [6.07, 6.45) is 3.85. The second kappa shape index (κ2) is 9.10. The van der Waals surface area contributed by atoms with Gasteiger partial charge in [-0.3, -0.25) is 14.0 Å². The molecule has 2 fully saturated rings. The van der Waals surface area contributed by atoms with E-state index in [-0.39, 0.29) is 22.8 Å². The molecule has 0 radical (unpaired) electrons. The van der Waals surface area contributed by atoms with Gasteiger partial charge < -0.3 is 20.9 Å². The van der Waals surface area contributed by atoms with E-state index in [0.29, 0.717) is 36.2 Å². The topological polar surface area (TPSA) is 96.0 Å². The smallest absolute Gasteiger partial charge is 0.258 e. The second-order valence-corrected chi connectivity index (χ2v) is 10.9. The highest BCUT2D eigenvalue weighted by atomic mass is 32.1. The third kappa shape index (κ3) is 3.84. The zero-order chi connectivity index (χ0) is 25.0. The van der Waals surface area contributed by atoms with Crippen molar-refractivity contribution >= 4 is 49.1 Å². The Morgan fingerprint density at radius 3 is 2.86 bits per heavy atom. The van der Waals surface area contributed by atoms with Crippen LogP contribution in [-0.2, 0) is 0 Å². The number of amides is 1. The summed E-state index contributed by atoms with van der Waals surface area (Å²) in [7, 11) is 2.10. The first-order valence-corrected chi connectivity index (χ1v) is 13.3. The molecule has 36 heavy (non-hydrogen) atoms. The minimum Gasteiger partial charge on any atom is -0.353 e. The minimum absolute atomic E-state index is 0.0401. The molecule has 6 rings (SSSR count). The summed E-state index contributed by atoms with van der Waals surface area (Å²) < 4.78 is 18.0. The van der Waals surface area contributed by atoms with Gasteiger partial charge in [0.05, 0.1) is 15.6 Å². The van der Waals surface area contributed by atoms with Crippen LogP contribution in [0.4, 0.5) is 10.2 Å². The van der Waals surface area contributed by atoms with Crippen molar-refractivity contribution < 1.29 is 9.18 Å². The maximum atomic E-state index is 15.3. The van der Waals surface area contributed by atoms with Gasteiger partial charge >= 0.3 is 0 Å². The van der Waals surface area contributed by atoms with Crippen LogP contribution in [0.2, 0.25) is 0 Å². The summed E-state index contributed by atoms with van der Waals surface area (Å²) in [6.45, 7) is 2.66. The normalized spacial score (nSPS) is 20.8. The number of hydrogen-bond donors (Lipinski definition) is 2. The Hall–Kier alpha value is -3.08. The van der Waals surface area contributed by atoms with Gasteiger partial charge in [-0.15, -0.1) is 11.3 Å². The van der Waals surface area contributed by atoms with E-state index in [1.54, 1.807) is 0 Å². The lowest BCUT2D eigenvalue weighted by Gasteiger charge is -2.19. The van der Waals surface area contributed by atoms with Crippen molar-refractivity contribution in [2.45, 2.75) is 37.8 Å². The number of hydrogen-bond acceptors (Lipinski definition) is 7. The number of fused-ring (bicyclic) bond motifs is 5. The molecule has 0 bridgehead atoms. The average molecular weight is 509 g/mol. The van der Waals surface area contributed by atoms with E-state index >= 15 is 4.39 Å². The number of likely N-dealkylation sites (tertiary alicyclic amines) is 1. The van der Waals surface area contributed by atoms with Crippen molar-refractivity contribution in [3.63, 3.8) is 0 Å². The Balaban J connectivity index is 1.48. The van der Waals surface area contributed by atoms with Crippen LogP contribution in [-0.4, -0.2) is 65.5 Å². The summed E-state index contributed by atoms with van der Waals surface area (Å²) in [5, 5.41) is 3.05. The number of carbonyl (C=O) groups excluding carboxylic acids is 1. The van der Waals surface area contributed by atoms with Crippen molar-refractivity contribution in [1.82, 2.24) is 19.6 Å². The van der Waals surface area contributed by atoms with E-state index in [9.17, 15) is 9.59 Å². The van der Waals surface area contributed by atoms with Gasteiger partial charge in [-0.05, 0) is 57.5 Å². The summed E-state index contributed by atoms with van der Waals surface area (Å²) in [5.41, 5.74) is 6.77. The molecular weight excluding hydrogens is 479 g/mol. The second-order valence-electron chi connectivity index (χ2n) is 9.90. The molecule has 4 aromatic rings. The largest absolute Gasteiger partial charge is 0.353 e. The first-order chi connectivity index (χ1) is 17.4. The van der Waals surface area contributed by atoms with Crippen LogP contribution < -0.4 is 21.4 Å². The molecular formula is C26H29FN6O2S. The number of nitrogens with one attached hydrogen (secondary N) is 1. The van der Waals surface area contributed by atoms with E-state index in [4.69, 9.17) is 5.73 Å². The molecule has 2 aliphatic heterocycles. The molecule has 0 spiro atoms. The quantitative estimate of drug-likeness (QED) is 0.430. The van der Waals surface area contributed by atoms with Gasteiger partial charge in [0, 0.05) is 31.7 Å². The van der Waals surface area contributed by atoms with Gasteiger partial charge in [0.1, 0.15) is 10.4 Å². The Morgan fingerprint density at radius 1 is 1.28 bits per heavy atom. The lowest BCUT2D eigenvalue weighted by atomic mass is 10.1. The third-order valence-electron chi connectivity index (χ3n) is 7.54. The molecule has 3 aromatic heterocycles. The van der Waals surface area contributed by atoms with Crippen LogP contribution in [0.1, 0.15) is 36.0 Å². The molecule has 1 amide bonds. The van der Waals surface area contributed by atoms with E-state index in [2.05, 4.69) is 22.2 Å². The predicted octanol–water partition coefficient (Wildman–Crippen LogP) is 2.95. The molecule has 8 nitrogen and oxygen atoms in total. The molecule has 3 N–H and O–H groups in total. The fourth-order valence-electron chi connectivity index (χ4n) is 5.59. The van der Waals surface area contributed by atoms with Crippen molar-refractivity contribution in [2.75, 3.05) is 38.1 Å². The number of nitrogens with two attached hydrogens (primary N) is 1. The molecule has 2 aliphatic rings. The van der Waals surface area contributed by atoms with Crippen LogP contribution in [0, 0.1) is 5.82 Å². The highest BCUT2D eigenvalue weighted by Crippen LogP contribution is 2.32. The molecule has 2 atom stereocenters. The molecule has 2 unspecified atom stereocenters. The summed E-state index contributed by atoms with van der Waals surface area (Å²) in [5.74, 6) is -0.817. The monoisotopic (exact) mass is 508 g/mol. The molecule has 1 aromatic carbocycles.